The highest BCUT2D eigenvalue weighted by atomic mass is 16.1. The minimum atomic E-state index is -0.539. The van der Waals surface area contributed by atoms with Gasteiger partial charge in [0, 0.05) is 0 Å². The Morgan fingerprint density at radius 3 is 2.22 bits per heavy atom. The molecule has 0 radical (unpaired) electrons. The van der Waals surface area contributed by atoms with Crippen molar-refractivity contribution < 1.29 is 4.79 Å². The summed E-state index contributed by atoms with van der Waals surface area (Å²) in [7, 11) is 0. The van der Waals surface area contributed by atoms with E-state index < -0.39 is 5.92 Å². The minimum Gasteiger partial charge on any atom is -0.387 e. The van der Waals surface area contributed by atoms with E-state index in [1.165, 1.54) is 0 Å². The molecule has 0 rings (SSSR count). The van der Waals surface area contributed by atoms with Gasteiger partial charge < -0.3 is 11.1 Å². The zero-order chi connectivity index (χ0) is 7.44. The lowest BCUT2D eigenvalue weighted by Crippen LogP contribution is -2.27. The van der Waals surface area contributed by atoms with Gasteiger partial charge in [-0.05, 0) is 6.92 Å². The van der Waals surface area contributed by atoms with E-state index in [0.29, 0.717) is 6.29 Å². The Morgan fingerprint density at radius 2 is 2.11 bits per heavy atom. The highest BCUT2D eigenvalue weighted by Crippen LogP contribution is 1.92. The van der Waals surface area contributed by atoms with Gasteiger partial charge in [0.25, 0.3) is 0 Å². The summed E-state index contributed by atoms with van der Waals surface area (Å²) in [5, 5.41) is 13.7. The number of amidine groups is 1. The van der Waals surface area contributed by atoms with Crippen LogP contribution in [-0.2, 0) is 4.79 Å². The summed E-state index contributed by atoms with van der Waals surface area (Å²) in [6, 6.07) is 0. The fourth-order valence-electron chi connectivity index (χ4n) is 0.270. The molecule has 4 N–H and O–H groups in total. The molecule has 0 aliphatic carbocycles. The van der Waals surface area contributed by atoms with E-state index >= 15 is 0 Å². The summed E-state index contributed by atoms with van der Waals surface area (Å²) in [6.45, 7) is 1.54. The topological polar surface area (TPSA) is 90.8 Å². The van der Waals surface area contributed by atoms with Crippen molar-refractivity contribution in [2.75, 3.05) is 0 Å². The van der Waals surface area contributed by atoms with Crippen LogP contribution in [0.25, 0.3) is 0 Å². The molecule has 0 amide bonds. The zero-order valence-corrected chi connectivity index (χ0v) is 5.14. The SMILES string of the molecule is CC(C(=N)N)C(=N)C=O. The van der Waals surface area contributed by atoms with Crippen LogP contribution in [0.5, 0.6) is 0 Å². The van der Waals surface area contributed by atoms with Crippen LogP contribution in [0.1, 0.15) is 6.92 Å². The van der Waals surface area contributed by atoms with Gasteiger partial charge in [-0.1, -0.05) is 0 Å². The predicted molar refractivity (Wildman–Crippen MR) is 34.9 cm³/mol. The van der Waals surface area contributed by atoms with Gasteiger partial charge in [-0.25, -0.2) is 0 Å². The number of carbonyl (C=O) groups is 1. The molecule has 0 spiro atoms. The number of nitrogens with one attached hydrogen (secondary N) is 2. The number of rotatable bonds is 3. The van der Waals surface area contributed by atoms with E-state index in [2.05, 4.69) is 0 Å². The quantitative estimate of drug-likeness (QED) is 0.278. The van der Waals surface area contributed by atoms with Crippen molar-refractivity contribution in [3.63, 3.8) is 0 Å². The summed E-state index contributed by atoms with van der Waals surface area (Å²) in [5.41, 5.74) is 4.85. The summed E-state index contributed by atoms with van der Waals surface area (Å²) in [4.78, 5) is 9.87. The van der Waals surface area contributed by atoms with Crippen molar-refractivity contribution in [3.8, 4) is 0 Å². The van der Waals surface area contributed by atoms with Crippen molar-refractivity contribution >= 4 is 17.8 Å². The largest absolute Gasteiger partial charge is 0.387 e. The molecule has 1 atom stereocenters. The van der Waals surface area contributed by atoms with Crippen LogP contribution in [0.3, 0.4) is 0 Å². The first-order chi connectivity index (χ1) is 4.09. The number of hydrogen-bond acceptors (Lipinski definition) is 3. The van der Waals surface area contributed by atoms with Gasteiger partial charge in [0.1, 0.15) is 0 Å². The Bertz CT molecular complexity index is 152. The molecule has 0 aromatic heterocycles. The maximum absolute atomic E-state index is 9.87. The van der Waals surface area contributed by atoms with E-state index in [1.807, 2.05) is 0 Å². The molecule has 0 aromatic rings. The smallest absolute Gasteiger partial charge is 0.164 e. The monoisotopic (exact) mass is 127 g/mol. The third-order valence-electron chi connectivity index (χ3n) is 1.06. The van der Waals surface area contributed by atoms with Crippen molar-refractivity contribution in [2.45, 2.75) is 6.92 Å². The molecule has 4 heteroatoms. The van der Waals surface area contributed by atoms with Crippen LogP contribution in [0.4, 0.5) is 0 Å². The van der Waals surface area contributed by atoms with Crippen LogP contribution >= 0.6 is 0 Å². The molecular formula is C5H9N3O. The van der Waals surface area contributed by atoms with Gasteiger partial charge in [-0.15, -0.1) is 0 Å². The fourth-order valence-corrected chi connectivity index (χ4v) is 0.270. The van der Waals surface area contributed by atoms with Gasteiger partial charge in [0.15, 0.2) is 6.29 Å². The molecular weight excluding hydrogens is 118 g/mol. The molecule has 0 aliphatic rings. The molecule has 0 bridgehead atoms. The lowest BCUT2D eigenvalue weighted by atomic mass is 10.1. The van der Waals surface area contributed by atoms with Gasteiger partial charge in [-0.2, -0.15) is 0 Å². The maximum Gasteiger partial charge on any atom is 0.164 e. The summed E-state index contributed by atoms with van der Waals surface area (Å²) in [5.74, 6) is -0.686. The summed E-state index contributed by atoms with van der Waals surface area (Å²) < 4.78 is 0. The summed E-state index contributed by atoms with van der Waals surface area (Å²) >= 11 is 0. The van der Waals surface area contributed by atoms with Gasteiger partial charge >= 0.3 is 0 Å². The average molecular weight is 127 g/mol. The van der Waals surface area contributed by atoms with Crippen LogP contribution in [-0.4, -0.2) is 17.8 Å². The van der Waals surface area contributed by atoms with Crippen molar-refractivity contribution in [3.05, 3.63) is 0 Å². The van der Waals surface area contributed by atoms with Crippen LogP contribution < -0.4 is 5.73 Å². The molecule has 0 saturated carbocycles. The molecule has 50 valence electrons. The molecule has 0 fully saturated rings. The van der Waals surface area contributed by atoms with Crippen LogP contribution in [0.2, 0.25) is 0 Å². The van der Waals surface area contributed by atoms with E-state index in [1.54, 1.807) is 6.92 Å². The van der Waals surface area contributed by atoms with E-state index in [9.17, 15) is 4.79 Å². The molecule has 0 aliphatic heterocycles. The molecule has 0 saturated heterocycles. The third kappa shape index (κ3) is 2.03. The lowest BCUT2D eigenvalue weighted by molar-refractivity contribution is -0.102. The molecule has 1 unspecified atom stereocenters. The van der Waals surface area contributed by atoms with E-state index in [0.717, 1.165) is 0 Å². The highest BCUT2D eigenvalue weighted by molar-refractivity contribution is 6.32. The minimum absolute atomic E-state index is 0.146. The Hall–Kier alpha value is -1.19. The number of carbonyl (C=O) groups excluding carboxylic acids is 1. The second kappa shape index (κ2) is 2.96. The van der Waals surface area contributed by atoms with Gasteiger partial charge in [0.2, 0.25) is 0 Å². The number of nitrogens with two attached hydrogens (primary N) is 1. The van der Waals surface area contributed by atoms with Crippen LogP contribution in [0, 0.1) is 16.7 Å². The highest BCUT2D eigenvalue weighted by Gasteiger charge is 2.09. The Labute approximate surface area is 53.1 Å². The zero-order valence-electron chi connectivity index (χ0n) is 5.14. The van der Waals surface area contributed by atoms with E-state index in [4.69, 9.17) is 16.6 Å². The lowest BCUT2D eigenvalue weighted by Gasteiger charge is -2.03. The third-order valence-corrected chi connectivity index (χ3v) is 1.06. The Kier molecular flexibility index (Phi) is 2.57. The molecule has 0 aromatic carbocycles. The normalized spacial score (nSPS) is 12.1. The van der Waals surface area contributed by atoms with Gasteiger partial charge in [-0.3, -0.25) is 10.2 Å². The first-order valence-corrected chi connectivity index (χ1v) is 2.47. The number of hydrogen-bond donors (Lipinski definition) is 3. The number of aldehydes is 1. The van der Waals surface area contributed by atoms with Crippen molar-refractivity contribution in [2.24, 2.45) is 11.7 Å². The van der Waals surface area contributed by atoms with Crippen molar-refractivity contribution in [1.29, 1.82) is 10.8 Å². The molecule has 4 nitrogen and oxygen atoms in total. The Morgan fingerprint density at radius 1 is 1.67 bits per heavy atom. The molecule has 9 heavy (non-hydrogen) atoms. The first-order valence-electron chi connectivity index (χ1n) is 2.47. The molecule has 0 heterocycles. The first kappa shape index (κ1) is 7.81. The van der Waals surface area contributed by atoms with Gasteiger partial charge in [0.05, 0.1) is 17.5 Å². The standard InChI is InChI=1S/C5H9N3O/c1-3(5(7)8)4(6)2-9/h2-3,6H,1H3,(H3,7,8). The fraction of sp³-hybridized carbons (Fsp3) is 0.400. The van der Waals surface area contributed by atoms with E-state index in [-0.39, 0.29) is 11.5 Å². The average Bonchev–Trinajstić information content (AvgIpc) is 1.84. The second-order valence-electron chi connectivity index (χ2n) is 1.75. The maximum atomic E-state index is 9.87. The van der Waals surface area contributed by atoms with Crippen molar-refractivity contribution in [1.82, 2.24) is 0 Å². The Balaban J connectivity index is 4.03. The predicted octanol–water partition coefficient (Wildman–Crippen LogP) is -0.223. The summed E-state index contributed by atoms with van der Waals surface area (Å²) in [6.07, 6.45) is 0.395. The van der Waals surface area contributed by atoms with Crippen LogP contribution in [0.15, 0.2) is 0 Å². The second-order valence-corrected chi connectivity index (χ2v) is 1.75.